The van der Waals surface area contributed by atoms with Crippen LogP contribution in [0.3, 0.4) is 0 Å². The van der Waals surface area contributed by atoms with Gasteiger partial charge in [0.2, 0.25) is 0 Å². The van der Waals surface area contributed by atoms with Crippen molar-refractivity contribution in [1.29, 1.82) is 0 Å². The van der Waals surface area contributed by atoms with Crippen LogP contribution in [0.4, 0.5) is 0 Å². The molecule has 1 N–H and O–H groups in total. The topological polar surface area (TPSA) is 20.2 Å². The lowest BCUT2D eigenvalue weighted by molar-refractivity contribution is 0.115. The van der Waals surface area contributed by atoms with Crippen molar-refractivity contribution >= 4 is 11.6 Å². The number of rotatable bonds is 3. The highest BCUT2D eigenvalue weighted by Gasteiger charge is 2.31. The predicted octanol–water partition coefficient (Wildman–Crippen LogP) is 3.19. The fourth-order valence-electron chi connectivity index (χ4n) is 2.33. The summed E-state index contributed by atoms with van der Waals surface area (Å²) in [6.07, 6.45) is 5.70. The average molecular weight is 205 g/mol. The summed E-state index contributed by atoms with van der Waals surface area (Å²) in [4.78, 5) is 0. The van der Waals surface area contributed by atoms with Crippen molar-refractivity contribution in [2.75, 3.05) is 6.61 Å². The standard InChI is InChI=1S/C11H21ClO/c1-11(2,7-8-13)9-3-5-10(12)6-4-9/h9-10,13H,3-8H2,1-2H3. The van der Waals surface area contributed by atoms with Crippen LogP contribution in [0.1, 0.15) is 46.0 Å². The van der Waals surface area contributed by atoms with Crippen LogP contribution in [0, 0.1) is 11.3 Å². The molecule has 0 heterocycles. The molecule has 2 heteroatoms. The second kappa shape index (κ2) is 4.65. The number of halogens is 1. The second-order valence-corrected chi connectivity index (χ2v) is 5.53. The lowest BCUT2D eigenvalue weighted by Crippen LogP contribution is -2.29. The molecule has 0 atom stereocenters. The summed E-state index contributed by atoms with van der Waals surface area (Å²) in [6, 6.07) is 0. The molecule has 1 fully saturated rings. The number of aliphatic hydroxyl groups excluding tert-OH is 1. The average Bonchev–Trinajstić information content (AvgIpc) is 2.05. The first-order valence-corrected chi connectivity index (χ1v) is 5.75. The monoisotopic (exact) mass is 204 g/mol. The fourth-order valence-corrected chi connectivity index (χ4v) is 2.58. The Kier molecular flexibility index (Phi) is 4.06. The van der Waals surface area contributed by atoms with E-state index in [2.05, 4.69) is 13.8 Å². The van der Waals surface area contributed by atoms with Gasteiger partial charge in [0.15, 0.2) is 0 Å². The van der Waals surface area contributed by atoms with Crippen LogP contribution in [-0.2, 0) is 0 Å². The molecular formula is C11H21ClO. The van der Waals surface area contributed by atoms with Gasteiger partial charge < -0.3 is 5.11 Å². The first-order chi connectivity index (χ1) is 6.06. The van der Waals surface area contributed by atoms with Crippen LogP contribution < -0.4 is 0 Å². The molecule has 0 aliphatic heterocycles. The number of aliphatic hydroxyl groups is 1. The van der Waals surface area contributed by atoms with Crippen LogP contribution >= 0.6 is 11.6 Å². The number of hydrogen-bond acceptors (Lipinski definition) is 1. The molecule has 0 spiro atoms. The summed E-state index contributed by atoms with van der Waals surface area (Å²) in [5, 5.41) is 9.36. The summed E-state index contributed by atoms with van der Waals surface area (Å²) in [5.74, 6) is 0.759. The Bertz CT molecular complexity index is 148. The SMILES string of the molecule is CC(C)(CCO)C1CCC(Cl)CC1. The molecule has 1 aliphatic carbocycles. The van der Waals surface area contributed by atoms with Crippen molar-refractivity contribution in [3.8, 4) is 0 Å². The Labute approximate surface area is 86.5 Å². The van der Waals surface area contributed by atoms with Crippen LogP contribution in [0.5, 0.6) is 0 Å². The van der Waals surface area contributed by atoms with Crippen LogP contribution in [0.2, 0.25) is 0 Å². The van der Waals surface area contributed by atoms with Gasteiger partial charge in [0.25, 0.3) is 0 Å². The van der Waals surface area contributed by atoms with Crippen molar-refractivity contribution in [3.05, 3.63) is 0 Å². The zero-order chi connectivity index (χ0) is 9.90. The largest absolute Gasteiger partial charge is 0.396 e. The summed E-state index contributed by atoms with van der Waals surface area (Å²) >= 11 is 6.06. The van der Waals surface area contributed by atoms with E-state index < -0.39 is 0 Å². The first-order valence-electron chi connectivity index (χ1n) is 5.31. The molecule has 0 saturated heterocycles. The van der Waals surface area contributed by atoms with E-state index in [1.807, 2.05) is 0 Å². The minimum atomic E-state index is 0.297. The number of hydrogen-bond donors (Lipinski definition) is 1. The van der Waals surface area contributed by atoms with Gasteiger partial charge in [-0.05, 0) is 43.4 Å². The Balaban J connectivity index is 2.42. The van der Waals surface area contributed by atoms with E-state index >= 15 is 0 Å². The van der Waals surface area contributed by atoms with Gasteiger partial charge in [-0.25, -0.2) is 0 Å². The quantitative estimate of drug-likeness (QED) is 0.701. The molecule has 78 valence electrons. The molecule has 0 radical (unpaired) electrons. The third-order valence-corrected chi connectivity index (χ3v) is 3.95. The maximum atomic E-state index is 8.96. The zero-order valence-electron chi connectivity index (χ0n) is 8.72. The summed E-state index contributed by atoms with van der Waals surface area (Å²) in [5.41, 5.74) is 0.297. The minimum Gasteiger partial charge on any atom is -0.396 e. The van der Waals surface area contributed by atoms with Gasteiger partial charge in [-0.15, -0.1) is 11.6 Å². The molecule has 1 saturated carbocycles. The van der Waals surface area contributed by atoms with Crippen molar-refractivity contribution in [1.82, 2.24) is 0 Å². The van der Waals surface area contributed by atoms with Crippen molar-refractivity contribution < 1.29 is 5.11 Å². The minimum absolute atomic E-state index is 0.297. The van der Waals surface area contributed by atoms with Crippen LogP contribution in [0.15, 0.2) is 0 Å². The molecule has 1 aliphatic rings. The first kappa shape index (κ1) is 11.3. The van der Waals surface area contributed by atoms with Gasteiger partial charge in [-0.2, -0.15) is 0 Å². The molecule has 1 nitrogen and oxygen atoms in total. The van der Waals surface area contributed by atoms with E-state index in [9.17, 15) is 0 Å². The lowest BCUT2D eigenvalue weighted by atomic mass is 9.69. The molecule has 13 heavy (non-hydrogen) atoms. The van der Waals surface area contributed by atoms with Crippen molar-refractivity contribution in [2.45, 2.75) is 51.3 Å². The third kappa shape index (κ3) is 3.14. The Morgan fingerprint density at radius 1 is 1.23 bits per heavy atom. The normalized spacial score (nSPS) is 30.5. The molecule has 0 unspecified atom stereocenters. The molecule has 0 aromatic rings. The van der Waals surface area contributed by atoms with Gasteiger partial charge in [-0.1, -0.05) is 13.8 Å². The van der Waals surface area contributed by atoms with E-state index in [1.54, 1.807) is 0 Å². The van der Waals surface area contributed by atoms with Crippen molar-refractivity contribution in [3.63, 3.8) is 0 Å². The van der Waals surface area contributed by atoms with Gasteiger partial charge in [0.05, 0.1) is 0 Å². The Morgan fingerprint density at radius 2 is 1.77 bits per heavy atom. The van der Waals surface area contributed by atoms with Crippen molar-refractivity contribution in [2.24, 2.45) is 11.3 Å². The van der Waals surface area contributed by atoms with Gasteiger partial charge >= 0.3 is 0 Å². The van der Waals surface area contributed by atoms with Gasteiger partial charge in [0, 0.05) is 12.0 Å². The van der Waals surface area contributed by atoms with Gasteiger partial charge in [0.1, 0.15) is 0 Å². The molecular weight excluding hydrogens is 184 g/mol. The lowest BCUT2D eigenvalue weighted by Gasteiger charge is -2.37. The second-order valence-electron chi connectivity index (χ2n) is 4.91. The van der Waals surface area contributed by atoms with E-state index in [-0.39, 0.29) is 0 Å². The van der Waals surface area contributed by atoms with Crippen LogP contribution in [-0.4, -0.2) is 17.1 Å². The zero-order valence-corrected chi connectivity index (χ0v) is 9.48. The third-order valence-electron chi connectivity index (χ3n) is 3.52. The highest BCUT2D eigenvalue weighted by atomic mass is 35.5. The maximum absolute atomic E-state index is 8.96. The molecule has 0 aromatic carbocycles. The Hall–Kier alpha value is 0.250. The Morgan fingerprint density at radius 3 is 2.23 bits per heavy atom. The van der Waals surface area contributed by atoms with E-state index in [4.69, 9.17) is 16.7 Å². The fraction of sp³-hybridized carbons (Fsp3) is 1.00. The number of alkyl halides is 1. The molecule has 0 amide bonds. The van der Waals surface area contributed by atoms with Crippen LogP contribution in [0.25, 0.3) is 0 Å². The van der Waals surface area contributed by atoms with Gasteiger partial charge in [-0.3, -0.25) is 0 Å². The van der Waals surface area contributed by atoms with E-state index in [0.29, 0.717) is 17.4 Å². The molecule has 0 aromatic heterocycles. The highest BCUT2D eigenvalue weighted by molar-refractivity contribution is 6.20. The highest BCUT2D eigenvalue weighted by Crippen LogP contribution is 2.41. The smallest absolute Gasteiger partial charge is 0.0436 e. The maximum Gasteiger partial charge on any atom is 0.0436 e. The summed E-state index contributed by atoms with van der Waals surface area (Å²) in [7, 11) is 0. The summed E-state index contributed by atoms with van der Waals surface area (Å²) in [6.45, 7) is 4.85. The van der Waals surface area contributed by atoms with E-state index in [1.165, 1.54) is 12.8 Å². The van der Waals surface area contributed by atoms with E-state index in [0.717, 1.165) is 25.2 Å². The summed E-state index contributed by atoms with van der Waals surface area (Å²) < 4.78 is 0. The molecule has 1 rings (SSSR count). The molecule has 0 bridgehead atoms. The predicted molar refractivity (Wildman–Crippen MR) is 57.1 cm³/mol.